The minimum Gasteiger partial charge on any atom is -0.508 e. The molecule has 29 heavy (non-hydrogen) atoms. The van der Waals surface area contributed by atoms with Crippen LogP contribution in [0, 0.1) is 6.92 Å². The first-order valence-electron chi connectivity index (χ1n) is 9.44. The molecular weight excluding hydrogens is 378 g/mol. The molecule has 8 nitrogen and oxygen atoms in total. The average molecular weight is 405 g/mol. The van der Waals surface area contributed by atoms with Gasteiger partial charge in [0.05, 0.1) is 6.10 Å². The highest BCUT2D eigenvalue weighted by molar-refractivity contribution is 5.50. The van der Waals surface area contributed by atoms with E-state index in [1.165, 1.54) is 6.07 Å². The van der Waals surface area contributed by atoms with E-state index in [2.05, 4.69) is 0 Å². The van der Waals surface area contributed by atoms with Crippen LogP contribution in [-0.2, 0) is 11.2 Å². The van der Waals surface area contributed by atoms with Gasteiger partial charge < -0.3 is 40.7 Å². The molecule has 0 unspecified atom stereocenters. The molecule has 0 aromatic heterocycles. The Morgan fingerprint density at radius 1 is 1.00 bits per heavy atom. The lowest BCUT2D eigenvalue weighted by molar-refractivity contribution is -0.274. The van der Waals surface area contributed by atoms with Gasteiger partial charge in [-0.1, -0.05) is 17.7 Å². The van der Waals surface area contributed by atoms with E-state index in [1.807, 2.05) is 19.1 Å². The largest absolute Gasteiger partial charge is 0.508 e. The number of hydrogen-bond donors (Lipinski definition) is 6. The SMILES string of the molecule is Cc1ccc(O[C@@H]2O[C@H](CCO)[C@@H](O)[C@H](O)[C@H]2O)c(Cc2cc(N)ccc2O)c1. The number of nitrogens with two attached hydrogens (primary N) is 1. The number of aliphatic hydroxyl groups is 4. The van der Waals surface area contributed by atoms with Crippen LogP contribution in [0.25, 0.3) is 0 Å². The van der Waals surface area contributed by atoms with Crippen molar-refractivity contribution in [3.05, 3.63) is 53.1 Å². The summed E-state index contributed by atoms with van der Waals surface area (Å²) in [5.74, 6) is 0.495. The van der Waals surface area contributed by atoms with Gasteiger partial charge in [0, 0.05) is 24.3 Å². The monoisotopic (exact) mass is 405 g/mol. The van der Waals surface area contributed by atoms with E-state index in [1.54, 1.807) is 18.2 Å². The lowest BCUT2D eigenvalue weighted by Gasteiger charge is -2.40. The first kappa shape index (κ1) is 21.4. The van der Waals surface area contributed by atoms with E-state index in [0.717, 1.165) is 11.1 Å². The van der Waals surface area contributed by atoms with Gasteiger partial charge in [-0.3, -0.25) is 0 Å². The van der Waals surface area contributed by atoms with Crippen LogP contribution in [0.1, 0.15) is 23.1 Å². The number of benzene rings is 2. The number of aliphatic hydroxyl groups excluding tert-OH is 4. The van der Waals surface area contributed by atoms with Crippen molar-refractivity contribution in [3.8, 4) is 11.5 Å². The fraction of sp³-hybridized carbons (Fsp3) is 0.429. The topological polar surface area (TPSA) is 146 Å². The van der Waals surface area contributed by atoms with Crippen LogP contribution in [0.15, 0.2) is 36.4 Å². The number of nitrogen functional groups attached to an aromatic ring is 1. The Labute approximate surface area is 168 Å². The Kier molecular flexibility index (Phi) is 6.61. The molecule has 0 saturated carbocycles. The van der Waals surface area contributed by atoms with Crippen molar-refractivity contribution in [1.29, 1.82) is 0 Å². The molecule has 5 atom stereocenters. The number of aromatic hydroxyl groups is 1. The Hall–Kier alpha value is -2.36. The summed E-state index contributed by atoms with van der Waals surface area (Å²) in [7, 11) is 0. The highest BCUT2D eigenvalue weighted by atomic mass is 16.7. The number of hydrogen-bond acceptors (Lipinski definition) is 8. The van der Waals surface area contributed by atoms with Crippen molar-refractivity contribution in [2.45, 2.75) is 50.5 Å². The molecule has 1 saturated heterocycles. The molecule has 8 heteroatoms. The zero-order chi connectivity index (χ0) is 21.1. The zero-order valence-corrected chi connectivity index (χ0v) is 16.1. The van der Waals surface area contributed by atoms with Crippen LogP contribution in [-0.4, -0.2) is 62.8 Å². The first-order valence-corrected chi connectivity index (χ1v) is 9.44. The Morgan fingerprint density at radius 2 is 1.76 bits per heavy atom. The van der Waals surface area contributed by atoms with Crippen LogP contribution < -0.4 is 10.5 Å². The summed E-state index contributed by atoms with van der Waals surface area (Å²) in [6, 6.07) is 10.2. The molecule has 158 valence electrons. The molecular formula is C21H27NO7. The predicted octanol–water partition coefficient (Wildman–Crippen LogP) is 0.442. The van der Waals surface area contributed by atoms with E-state index < -0.39 is 30.7 Å². The number of aryl methyl sites for hydroxylation is 1. The van der Waals surface area contributed by atoms with Crippen molar-refractivity contribution in [1.82, 2.24) is 0 Å². The number of ether oxygens (including phenoxy) is 2. The highest BCUT2D eigenvalue weighted by Gasteiger charge is 2.44. The summed E-state index contributed by atoms with van der Waals surface area (Å²) in [6.07, 6.45) is -5.99. The summed E-state index contributed by atoms with van der Waals surface area (Å²) in [5.41, 5.74) is 8.64. The van der Waals surface area contributed by atoms with Crippen molar-refractivity contribution >= 4 is 5.69 Å². The lowest BCUT2D eigenvalue weighted by Crippen LogP contribution is -2.59. The van der Waals surface area contributed by atoms with E-state index >= 15 is 0 Å². The third-order valence-electron chi connectivity index (χ3n) is 5.03. The number of phenolic OH excluding ortho intramolecular Hbond substituents is 1. The summed E-state index contributed by atoms with van der Waals surface area (Å²) in [6.45, 7) is 1.66. The van der Waals surface area contributed by atoms with Gasteiger partial charge in [-0.2, -0.15) is 0 Å². The Morgan fingerprint density at radius 3 is 2.48 bits per heavy atom. The average Bonchev–Trinajstić information content (AvgIpc) is 2.68. The van der Waals surface area contributed by atoms with E-state index in [9.17, 15) is 20.4 Å². The van der Waals surface area contributed by atoms with Crippen LogP contribution in [0.4, 0.5) is 5.69 Å². The molecule has 1 aliphatic rings. The standard InChI is InChI=1S/C21H27NO7/c1-11-2-5-16(13(8-11)9-12-10-14(22)3-4-15(12)24)28-21-20(27)19(26)18(25)17(29-21)6-7-23/h2-5,8,10,17-21,23-27H,6-7,9,22H2,1H3/t17-,18-,19+,20-,21-/m1/s1. The fourth-order valence-electron chi connectivity index (χ4n) is 3.42. The van der Waals surface area contributed by atoms with Gasteiger partial charge in [-0.15, -0.1) is 0 Å². The molecule has 2 aromatic rings. The third-order valence-corrected chi connectivity index (χ3v) is 5.03. The number of phenols is 1. The third kappa shape index (κ3) is 4.80. The summed E-state index contributed by atoms with van der Waals surface area (Å²) in [4.78, 5) is 0. The van der Waals surface area contributed by atoms with Gasteiger partial charge >= 0.3 is 0 Å². The molecule has 1 fully saturated rings. The van der Waals surface area contributed by atoms with Crippen LogP contribution in [0.2, 0.25) is 0 Å². The van der Waals surface area contributed by atoms with Crippen LogP contribution in [0.5, 0.6) is 11.5 Å². The lowest BCUT2D eigenvalue weighted by atomic mass is 9.97. The van der Waals surface area contributed by atoms with Gasteiger partial charge in [0.1, 0.15) is 29.8 Å². The van der Waals surface area contributed by atoms with Crippen molar-refractivity contribution in [2.24, 2.45) is 0 Å². The Bertz CT molecular complexity index is 844. The van der Waals surface area contributed by atoms with Gasteiger partial charge in [0.15, 0.2) is 0 Å². The molecule has 1 aliphatic heterocycles. The molecule has 3 rings (SSSR count). The van der Waals surface area contributed by atoms with E-state index in [4.69, 9.17) is 20.3 Å². The normalized spacial score (nSPS) is 27.0. The van der Waals surface area contributed by atoms with Crippen molar-refractivity contribution in [3.63, 3.8) is 0 Å². The van der Waals surface area contributed by atoms with Crippen molar-refractivity contribution in [2.75, 3.05) is 12.3 Å². The second-order valence-electron chi connectivity index (χ2n) is 7.32. The van der Waals surface area contributed by atoms with E-state index in [-0.39, 0.29) is 18.8 Å². The minimum atomic E-state index is -1.48. The molecule has 0 amide bonds. The quantitative estimate of drug-likeness (QED) is 0.300. The van der Waals surface area contributed by atoms with E-state index in [0.29, 0.717) is 23.4 Å². The fourth-order valence-corrected chi connectivity index (χ4v) is 3.42. The molecule has 0 bridgehead atoms. The molecule has 0 radical (unpaired) electrons. The second kappa shape index (κ2) is 8.98. The van der Waals surface area contributed by atoms with Gasteiger partial charge in [-0.05, 0) is 43.2 Å². The minimum absolute atomic E-state index is 0.0860. The van der Waals surface area contributed by atoms with Crippen LogP contribution in [0.3, 0.4) is 0 Å². The maximum atomic E-state index is 10.3. The molecule has 1 heterocycles. The summed E-state index contributed by atoms with van der Waals surface area (Å²) < 4.78 is 11.4. The maximum absolute atomic E-state index is 10.3. The molecule has 0 spiro atoms. The summed E-state index contributed by atoms with van der Waals surface area (Å²) >= 11 is 0. The predicted molar refractivity (Wildman–Crippen MR) is 106 cm³/mol. The smallest absolute Gasteiger partial charge is 0.229 e. The highest BCUT2D eigenvalue weighted by Crippen LogP contribution is 2.31. The molecule has 2 aromatic carbocycles. The maximum Gasteiger partial charge on any atom is 0.229 e. The number of rotatable bonds is 6. The van der Waals surface area contributed by atoms with Gasteiger partial charge in [0.2, 0.25) is 6.29 Å². The second-order valence-corrected chi connectivity index (χ2v) is 7.32. The van der Waals surface area contributed by atoms with Crippen LogP contribution >= 0.6 is 0 Å². The molecule has 7 N–H and O–H groups in total. The summed E-state index contributed by atoms with van der Waals surface area (Å²) in [5, 5.41) is 49.7. The van der Waals surface area contributed by atoms with Crippen molar-refractivity contribution < 1.29 is 35.0 Å². The first-order chi connectivity index (χ1) is 13.8. The van der Waals surface area contributed by atoms with Gasteiger partial charge in [-0.25, -0.2) is 0 Å². The molecule has 0 aliphatic carbocycles. The zero-order valence-electron chi connectivity index (χ0n) is 16.1. The van der Waals surface area contributed by atoms with Gasteiger partial charge in [0.25, 0.3) is 0 Å². The number of anilines is 1. The Balaban J connectivity index is 1.86.